The Morgan fingerprint density at radius 1 is 0.977 bits per heavy atom. The molecule has 0 aliphatic heterocycles. The number of benzene rings is 3. The zero-order chi connectivity index (χ0) is 31.5. The monoisotopic (exact) mass is 609 g/mol. The summed E-state index contributed by atoms with van der Waals surface area (Å²) in [7, 11) is 0. The number of allylic oxidation sites excluding steroid dienone is 1. The van der Waals surface area contributed by atoms with E-state index in [1.165, 1.54) is 44.7 Å². The molecular formula is C32H28F5N5O2. The van der Waals surface area contributed by atoms with Gasteiger partial charge in [-0.2, -0.15) is 18.3 Å². The Bertz CT molecular complexity index is 1790. The number of hydrogen-bond acceptors (Lipinski definition) is 4. The molecule has 0 bridgehead atoms. The van der Waals surface area contributed by atoms with Crippen LogP contribution in [-0.4, -0.2) is 29.0 Å². The molecule has 228 valence electrons. The van der Waals surface area contributed by atoms with Gasteiger partial charge in [0, 0.05) is 24.0 Å². The molecule has 7 nitrogen and oxygen atoms in total. The lowest BCUT2D eigenvalue weighted by Gasteiger charge is -2.34. The van der Waals surface area contributed by atoms with Crippen molar-refractivity contribution >= 4 is 6.08 Å². The van der Waals surface area contributed by atoms with Gasteiger partial charge in [-0.15, -0.1) is 0 Å². The highest BCUT2D eigenvalue weighted by Crippen LogP contribution is 2.36. The zero-order valence-corrected chi connectivity index (χ0v) is 23.5. The first kappa shape index (κ1) is 30.6. The summed E-state index contributed by atoms with van der Waals surface area (Å²) < 4.78 is 71.1. The van der Waals surface area contributed by atoms with Crippen molar-refractivity contribution in [3.05, 3.63) is 142 Å². The smallest absolute Gasteiger partial charge is 0.383 e. The van der Waals surface area contributed by atoms with Crippen LogP contribution in [-0.2, 0) is 24.9 Å². The predicted octanol–water partition coefficient (Wildman–Crippen LogP) is 6.20. The summed E-state index contributed by atoms with van der Waals surface area (Å²) in [6.45, 7) is 1.79. The number of aromatic nitrogens is 5. The standard InChI is InChI=1S/C32H28F5N5O2/c1-22(31(44,19-41-21-38-20-39-41)28-14-11-26(33)17-29(28)34)3-2-4-23-7-12-27(13-8-23)42-16-15-40(30(42)43)18-24-5-9-25(10-6-24)32(35,36)37/h2,4-17,20-22,44H,3,18-19H2,1H3/b4-2+/t22-,31+/m0/s1. The molecule has 0 aliphatic rings. The van der Waals surface area contributed by atoms with Gasteiger partial charge in [-0.1, -0.05) is 49.4 Å². The topological polar surface area (TPSA) is 77.9 Å². The third-order valence-electron chi connectivity index (χ3n) is 7.54. The van der Waals surface area contributed by atoms with E-state index in [0.717, 1.165) is 29.8 Å². The van der Waals surface area contributed by atoms with Crippen LogP contribution in [0, 0.1) is 17.6 Å². The fourth-order valence-electron chi connectivity index (χ4n) is 4.98. The van der Waals surface area contributed by atoms with Crippen molar-refractivity contribution in [2.45, 2.75) is 38.2 Å². The number of nitrogens with zero attached hydrogens (tertiary/aromatic N) is 5. The van der Waals surface area contributed by atoms with Crippen LogP contribution in [0.3, 0.4) is 0 Å². The molecule has 0 saturated carbocycles. The van der Waals surface area contributed by atoms with E-state index in [2.05, 4.69) is 10.1 Å². The van der Waals surface area contributed by atoms with Crippen molar-refractivity contribution in [2.24, 2.45) is 5.92 Å². The fourth-order valence-corrected chi connectivity index (χ4v) is 4.98. The van der Waals surface area contributed by atoms with Crippen molar-refractivity contribution in [1.29, 1.82) is 0 Å². The molecule has 3 aromatic carbocycles. The fraction of sp³-hybridized carbons (Fsp3) is 0.219. The summed E-state index contributed by atoms with van der Waals surface area (Å²) in [5, 5.41) is 15.7. The molecule has 0 fully saturated rings. The van der Waals surface area contributed by atoms with Crippen LogP contribution < -0.4 is 5.69 Å². The predicted molar refractivity (Wildman–Crippen MR) is 154 cm³/mol. The lowest BCUT2D eigenvalue weighted by atomic mass is 9.80. The lowest BCUT2D eigenvalue weighted by Crippen LogP contribution is -2.39. The Hall–Kier alpha value is -4.84. The molecule has 2 aromatic heterocycles. The first-order valence-corrected chi connectivity index (χ1v) is 13.7. The Labute approximate surface area is 249 Å². The van der Waals surface area contributed by atoms with E-state index in [0.29, 0.717) is 17.7 Å². The second kappa shape index (κ2) is 12.4. The first-order chi connectivity index (χ1) is 20.9. The minimum Gasteiger partial charge on any atom is -0.383 e. The second-order valence-electron chi connectivity index (χ2n) is 10.5. The third kappa shape index (κ3) is 6.70. The molecule has 0 saturated heterocycles. The summed E-state index contributed by atoms with van der Waals surface area (Å²) in [6, 6.07) is 14.9. The van der Waals surface area contributed by atoms with Gasteiger partial charge >= 0.3 is 11.9 Å². The summed E-state index contributed by atoms with van der Waals surface area (Å²) in [4.78, 5) is 16.8. The number of imidazole rings is 1. The van der Waals surface area contributed by atoms with Gasteiger partial charge in [0.05, 0.1) is 24.3 Å². The number of halogens is 5. The summed E-state index contributed by atoms with van der Waals surface area (Å²) in [5.41, 5.74) is -0.889. The summed E-state index contributed by atoms with van der Waals surface area (Å²) in [5.74, 6) is -2.11. The van der Waals surface area contributed by atoms with Crippen LogP contribution in [0.1, 0.15) is 35.6 Å². The van der Waals surface area contributed by atoms with E-state index in [9.17, 15) is 31.9 Å². The average molecular weight is 610 g/mol. The van der Waals surface area contributed by atoms with Crippen molar-refractivity contribution in [3.8, 4) is 5.69 Å². The van der Waals surface area contributed by atoms with Gasteiger partial charge in [0.2, 0.25) is 0 Å². The maximum absolute atomic E-state index is 14.8. The van der Waals surface area contributed by atoms with Gasteiger partial charge in [-0.05, 0) is 53.8 Å². The number of rotatable bonds is 10. The van der Waals surface area contributed by atoms with Crippen LogP contribution in [0.15, 0.2) is 103 Å². The van der Waals surface area contributed by atoms with Crippen LogP contribution in [0.5, 0.6) is 0 Å². The van der Waals surface area contributed by atoms with E-state index in [-0.39, 0.29) is 24.3 Å². The average Bonchev–Trinajstić information content (AvgIpc) is 3.62. The maximum Gasteiger partial charge on any atom is 0.416 e. The maximum atomic E-state index is 14.8. The van der Waals surface area contributed by atoms with Crippen molar-refractivity contribution < 1.29 is 27.1 Å². The van der Waals surface area contributed by atoms with Crippen LogP contribution in [0.25, 0.3) is 11.8 Å². The molecule has 0 amide bonds. The number of alkyl halides is 3. The minimum atomic E-state index is -4.43. The van der Waals surface area contributed by atoms with Crippen molar-refractivity contribution in [1.82, 2.24) is 23.9 Å². The molecule has 1 N–H and O–H groups in total. The van der Waals surface area contributed by atoms with Gasteiger partial charge in [-0.3, -0.25) is 9.13 Å². The van der Waals surface area contributed by atoms with E-state index >= 15 is 0 Å². The van der Waals surface area contributed by atoms with E-state index in [1.54, 1.807) is 43.6 Å². The molecule has 44 heavy (non-hydrogen) atoms. The molecular weight excluding hydrogens is 581 g/mol. The summed E-state index contributed by atoms with van der Waals surface area (Å²) >= 11 is 0. The molecule has 0 unspecified atom stereocenters. The Kier molecular flexibility index (Phi) is 8.63. The largest absolute Gasteiger partial charge is 0.416 e. The first-order valence-electron chi connectivity index (χ1n) is 13.7. The molecule has 5 aromatic rings. The molecule has 0 aliphatic carbocycles. The lowest BCUT2D eigenvalue weighted by molar-refractivity contribution is -0.137. The molecule has 12 heteroatoms. The van der Waals surface area contributed by atoms with Gasteiger partial charge in [0.1, 0.15) is 29.9 Å². The van der Waals surface area contributed by atoms with Gasteiger partial charge in [-0.25, -0.2) is 23.2 Å². The van der Waals surface area contributed by atoms with Crippen LogP contribution >= 0.6 is 0 Å². The molecule has 2 heterocycles. The van der Waals surface area contributed by atoms with Crippen molar-refractivity contribution in [2.75, 3.05) is 0 Å². The van der Waals surface area contributed by atoms with E-state index in [4.69, 9.17) is 0 Å². The van der Waals surface area contributed by atoms with E-state index < -0.39 is 34.9 Å². The molecule has 0 spiro atoms. The van der Waals surface area contributed by atoms with E-state index in [1.807, 2.05) is 12.2 Å². The van der Waals surface area contributed by atoms with Gasteiger partial charge in [0.25, 0.3) is 0 Å². The quantitative estimate of drug-likeness (QED) is 0.191. The SMILES string of the molecule is C[C@@H](C/C=C/c1ccc(-n2ccn(Cc3ccc(C(F)(F)F)cc3)c2=O)cc1)[C@](O)(Cn1cncn1)c1ccc(F)cc1F. The van der Waals surface area contributed by atoms with Gasteiger partial charge in [0.15, 0.2) is 0 Å². The highest BCUT2D eigenvalue weighted by Gasteiger charge is 2.38. The number of aliphatic hydroxyl groups is 1. The molecule has 5 rings (SSSR count). The number of hydrogen-bond donors (Lipinski definition) is 1. The highest BCUT2D eigenvalue weighted by molar-refractivity contribution is 5.52. The van der Waals surface area contributed by atoms with Crippen molar-refractivity contribution in [3.63, 3.8) is 0 Å². The van der Waals surface area contributed by atoms with Crippen LogP contribution in [0.2, 0.25) is 0 Å². The normalized spacial score (nSPS) is 14.2. The zero-order valence-electron chi connectivity index (χ0n) is 23.5. The van der Waals surface area contributed by atoms with Crippen LogP contribution in [0.4, 0.5) is 22.0 Å². The molecule has 2 atom stereocenters. The molecule has 0 radical (unpaired) electrons. The Morgan fingerprint density at radius 3 is 2.34 bits per heavy atom. The highest BCUT2D eigenvalue weighted by atomic mass is 19.4. The Balaban J connectivity index is 1.27. The summed E-state index contributed by atoms with van der Waals surface area (Å²) in [6.07, 6.45) is 5.45. The minimum absolute atomic E-state index is 0.0460. The second-order valence-corrected chi connectivity index (χ2v) is 10.5. The third-order valence-corrected chi connectivity index (χ3v) is 7.54. The van der Waals surface area contributed by atoms with Gasteiger partial charge < -0.3 is 5.11 Å². The Morgan fingerprint density at radius 2 is 1.70 bits per heavy atom.